The Morgan fingerprint density at radius 2 is 2.16 bits per heavy atom. The van der Waals surface area contributed by atoms with Crippen molar-refractivity contribution >= 4 is 32.6 Å². The molecule has 130 valence electrons. The number of rotatable bonds is 4. The number of benzene rings is 1. The molecule has 8 nitrogen and oxygen atoms in total. The third kappa shape index (κ3) is 2.84. The highest BCUT2D eigenvalue weighted by molar-refractivity contribution is 7.22. The molecule has 0 aliphatic heterocycles. The number of anilines is 1. The van der Waals surface area contributed by atoms with E-state index in [1.54, 1.807) is 11.8 Å². The molecular weight excluding hydrogens is 340 g/mol. The summed E-state index contributed by atoms with van der Waals surface area (Å²) >= 11 is 1.43. The van der Waals surface area contributed by atoms with Crippen LogP contribution in [-0.4, -0.2) is 38.2 Å². The highest BCUT2D eigenvalue weighted by atomic mass is 32.1. The van der Waals surface area contributed by atoms with Crippen LogP contribution in [0, 0.1) is 0 Å². The Morgan fingerprint density at radius 1 is 1.32 bits per heavy atom. The molecule has 2 aromatic heterocycles. The number of carbonyl (C=O) groups excluding carboxylic acids is 1. The fraction of sp³-hybridized carbons (Fsp3) is 0.438. The Morgan fingerprint density at radius 3 is 2.88 bits per heavy atom. The number of tetrazole rings is 1. The van der Waals surface area contributed by atoms with Gasteiger partial charge in [0.05, 0.1) is 17.3 Å². The van der Waals surface area contributed by atoms with Gasteiger partial charge in [-0.3, -0.25) is 10.1 Å². The SMILES string of the molecule is COc1ccc2nc(NC(=O)C3(n4cnnn4)CCCCC3)sc2c1. The lowest BCUT2D eigenvalue weighted by Crippen LogP contribution is -2.47. The van der Waals surface area contributed by atoms with E-state index in [0.29, 0.717) is 5.13 Å². The highest BCUT2D eigenvalue weighted by Crippen LogP contribution is 2.36. The predicted molar refractivity (Wildman–Crippen MR) is 93.7 cm³/mol. The molecule has 3 aromatic rings. The summed E-state index contributed by atoms with van der Waals surface area (Å²) in [6.45, 7) is 0. The lowest BCUT2D eigenvalue weighted by atomic mass is 9.81. The van der Waals surface area contributed by atoms with Crippen LogP contribution in [0.3, 0.4) is 0 Å². The molecule has 2 heterocycles. The third-order valence-corrected chi connectivity index (χ3v) is 5.64. The molecule has 0 unspecified atom stereocenters. The van der Waals surface area contributed by atoms with Crippen molar-refractivity contribution in [3.8, 4) is 5.75 Å². The first-order valence-corrected chi connectivity index (χ1v) is 9.02. The minimum absolute atomic E-state index is 0.106. The van der Waals surface area contributed by atoms with Crippen molar-refractivity contribution < 1.29 is 9.53 Å². The Hall–Kier alpha value is -2.55. The molecule has 0 radical (unpaired) electrons. The molecule has 0 atom stereocenters. The number of methoxy groups -OCH3 is 1. The highest BCUT2D eigenvalue weighted by Gasteiger charge is 2.43. The van der Waals surface area contributed by atoms with E-state index in [1.165, 1.54) is 17.7 Å². The van der Waals surface area contributed by atoms with Crippen LogP contribution in [0.15, 0.2) is 24.5 Å². The van der Waals surface area contributed by atoms with Gasteiger partial charge in [-0.2, -0.15) is 0 Å². The molecule has 1 aliphatic carbocycles. The zero-order valence-corrected chi connectivity index (χ0v) is 14.6. The van der Waals surface area contributed by atoms with E-state index >= 15 is 0 Å². The maximum Gasteiger partial charge on any atom is 0.254 e. The van der Waals surface area contributed by atoms with Gasteiger partial charge in [-0.15, -0.1) is 5.10 Å². The van der Waals surface area contributed by atoms with Crippen LogP contribution < -0.4 is 10.1 Å². The summed E-state index contributed by atoms with van der Waals surface area (Å²) in [6, 6.07) is 5.66. The fourth-order valence-corrected chi connectivity index (χ4v) is 4.24. The van der Waals surface area contributed by atoms with Crippen molar-refractivity contribution in [3.63, 3.8) is 0 Å². The summed E-state index contributed by atoms with van der Waals surface area (Å²) in [6.07, 6.45) is 6.05. The number of hydrogen-bond acceptors (Lipinski definition) is 7. The van der Waals surface area contributed by atoms with E-state index in [2.05, 4.69) is 25.8 Å². The normalized spacial score (nSPS) is 16.7. The zero-order chi connectivity index (χ0) is 17.3. The summed E-state index contributed by atoms with van der Waals surface area (Å²) in [5, 5.41) is 15.0. The second kappa shape index (κ2) is 6.40. The maximum absolute atomic E-state index is 13.1. The van der Waals surface area contributed by atoms with E-state index in [1.807, 2.05) is 18.2 Å². The quantitative estimate of drug-likeness (QED) is 0.770. The van der Waals surface area contributed by atoms with Crippen molar-refractivity contribution in [2.24, 2.45) is 0 Å². The average Bonchev–Trinajstić information content (AvgIpc) is 3.31. The molecule has 0 spiro atoms. The number of hydrogen-bond donors (Lipinski definition) is 1. The van der Waals surface area contributed by atoms with E-state index in [9.17, 15) is 4.79 Å². The average molecular weight is 358 g/mol. The number of fused-ring (bicyclic) bond motifs is 1. The van der Waals surface area contributed by atoms with Crippen molar-refractivity contribution in [1.29, 1.82) is 0 Å². The van der Waals surface area contributed by atoms with E-state index in [-0.39, 0.29) is 5.91 Å². The van der Waals surface area contributed by atoms with Gasteiger partial charge in [0, 0.05) is 0 Å². The second-order valence-electron chi connectivity index (χ2n) is 6.15. The first kappa shape index (κ1) is 15.9. The summed E-state index contributed by atoms with van der Waals surface area (Å²) in [5.41, 5.74) is 0.0957. The fourth-order valence-electron chi connectivity index (χ4n) is 3.35. The Kier molecular flexibility index (Phi) is 4.08. The lowest BCUT2D eigenvalue weighted by Gasteiger charge is -2.34. The number of aromatic nitrogens is 5. The first-order valence-electron chi connectivity index (χ1n) is 8.21. The molecule has 1 saturated carbocycles. The van der Waals surface area contributed by atoms with E-state index in [4.69, 9.17) is 4.74 Å². The monoisotopic (exact) mass is 358 g/mol. The van der Waals surface area contributed by atoms with E-state index < -0.39 is 5.54 Å². The molecule has 1 amide bonds. The third-order valence-electron chi connectivity index (χ3n) is 4.71. The van der Waals surface area contributed by atoms with Crippen LogP contribution in [0.4, 0.5) is 5.13 Å². The van der Waals surface area contributed by atoms with Gasteiger partial charge in [-0.25, -0.2) is 9.67 Å². The number of nitrogens with one attached hydrogen (secondary N) is 1. The smallest absolute Gasteiger partial charge is 0.254 e. The van der Waals surface area contributed by atoms with Crippen LogP contribution in [-0.2, 0) is 10.3 Å². The Labute approximate surface area is 148 Å². The standard InChI is InChI=1S/C16H18N6O2S/c1-24-11-5-6-12-13(9-11)25-15(18-12)19-14(23)16(7-3-2-4-8-16)22-10-17-20-21-22/h5-6,9-10H,2-4,7-8H2,1H3,(H,18,19,23). The Bertz CT molecular complexity index is 885. The Balaban J connectivity index is 1.63. The van der Waals surface area contributed by atoms with Gasteiger partial charge in [0.15, 0.2) is 5.13 Å². The maximum atomic E-state index is 13.1. The summed E-state index contributed by atoms with van der Waals surface area (Å²) < 4.78 is 7.80. The molecule has 1 fully saturated rings. The second-order valence-corrected chi connectivity index (χ2v) is 7.18. The summed E-state index contributed by atoms with van der Waals surface area (Å²) in [5.74, 6) is 0.664. The number of ether oxygens (including phenoxy) is 1. The molecule has 4 rings (SSSR count). The molecule has 9 heteroatoms. The van der Waals surface area contributed by atoms with Crippen LogP contribution in [0.2, 0.25) is 0 Å². The van der Waals surface area contributed by atoms with Crippen LogP contribution in [0.25, 0.3) is 10.2 Å². The lowest BCUT2D eigenvalue weighted by molar-refractivity contribution is -0.126. The van der Waals surface area contributed by atoms with Gasteiger partial charge >= 0.3 is 0 Å². The number of carbonyl (C=O) groups is 1. The molecule has 1 N–H and O–H groups in total. The van der Waals surface area contributed by atoms with Gasteiger partial charge in [-0.1, -0.05) is 30.6 Å². The minimum Gasteiger partial charge on any atom is -0.497 e. The topological polar surface area (TPSA) is 94.8 Å². The van der Waals surface area contributed by atoms with Crippen molar-refractivity contribution in [2.45, 2.75) is 37.6 Å². The molecular formula is C16H18N6O2S. The van der Waals surface area contributed by atoms with Gasteiger partial charge in [-0.05, 0) is 41.5 Å². The van der Waals surface area contributed by atoms with E-state index in [0.717, 1.165) is 48.1 Å². The molecule has 1 aliphatic rings. The number of nitrogens with zero attached hydrogens (tertiary/aromatic N) is 5. The first-order chi connectivity index (χ1) is 12.2. The number of thiazole rings is 1. The van der Waals surface area contributed by atoms with Gasteiger partial charge in [0.2, 0.25) is 0 Å². The van der Waals surface area contributed by atoms with Crippen LogP contribution in [0.1, 0.15) is 32.1 Å². The number of amides is 1. The molecule has 0 bridgehead atoms. The molecule has 0 saturated heterocycles. The van der Waals surface area contributed by atoms with Gasteiger partial charge in [0.1, 0.15) is 17.6 Å². The molecule has 25 heavy (non-hydrogen) atoms. The van der Waals surface area contributed by atoms with Crippen LogP contribution >= 0.6 is 11.3 Å². The van der Waals surface area contributed by atoms with Crippen molar-refractivity contribution in [2.75, 3.05) is 12.4 Å². The van der Waals surface area contributed by atoms with Gasteiger partial charge < -0.3 is 4.74 Å². The van der Waals surface area contributed by atoms with Crippen LogP contribution in [0.5, 0.6) is 5.75 Å². The molecule has 1 aromatic carbocycles. The summed E-state index contributed by atoms with van der Waals surface area (Å²) in [4.78, 5) is 17.6. The predicted octanol–water partition coefficient (Wildman–Crippen LogP) is 2.59. The van der Waals surface area contributed by atoms with Gasteiger partial charge in [0.25, 0.3) is 5.91 Å². The van der Waals surface area contributed by atoms with Crippen molar-refractivity contribution in [1.82, 2.24) is 25.2 Å². The minimum atomic E-state index is -0.739. The summed E-state index contributed by atoms with van der Waals surface area (Å²) in [7, 11) is 1.63. The zero-order valence-electron chi connectivity index (χ0n) is 13.8. The van der Waals surface area contributed by atoms with Crippen molar-refractivity contribution in [3.05, 3.63) is 24.5 Å². The largest absolute Gasteiger partial charge is 0.497 e.